The summed E-state index contributed by atoms with van der Waals surface area (Å²) in [5, 5.41) is 54.7. The van der Waals surface area contributed by atoms with E-state index < -0.39 is 49.5 Å². The largest absolute Gasteiger partial charge is 0.394 e. The lowest BCUT2D eigenvalue weighted by Gasteiger charge is -2.40. The van der Waals surface area contributed by atoms with Gasteiger partial charge in [-0.1, -0.05) is 317 Å². The fraction of sp³-hybridized carbons (Fsp3) is 0.795. The van der Waals surface area contributed by atoms with E-state index in [1.54, 1.807) is 6.08 Å². The Hall–Kier alpha value is -2.63. The molecule has 0 radical (unpaired) electrons. The second-order valence-electron chi connectivity index (χ2n) is 23.9. The van der Waals surface area contributed by atoms with Crippen molar-refractivity contribution in [1.29, 1.82) is 0 Å². The standard InChI is InChI=1S/C73H131NO8/c1-3-5-7-9-11-13-15-17-19-21-23-25-27-29-31-32-33-34-35-37-38-40-42-44-46-48-50-52-54-56-58-60-62-67(76)66(65-81-73-72(80)71(79)70(78)68(64-75)82-73)74-69(77)63-61-59-57-55-53-51-49-47-45-43-41-39-36-30-28-26-24-22-20-18-16-14-12-10-8-6-4-2/h6,8,12,14,18,20,24,26,30,36,52,54,60,62,66-68,70-73,75-76,78-80H,3-5,7,9-11,13,15-17,19,21-23,25,27-29,31-35,37-51,53,55-59,61,63-65H2,1-2H3,(H,74,77)/b8-6-,14-12-,20-18-,26-24-,36-30-,54-52+,62-60+. The maximum Gasteiger partial charge on any atom is 0.220 e. The molecule has 476 valence electrons. The van der Waals surface area contributed by atoms with Crippen LogP contribution in [0.2, 0.25) is 0 Å². The summed E-state index contributed by atoms with van der Waals surface area (Å²) >= 11 is 0. The second kappa shape index (κ2) is 61.5. The second-order valence-corrected chi connectivity index (χ2v) is 23.9. The van der Waals surface area contributed by atoms with Crippen LogP contribution in [0.3, 0.4) is 0 Å². The normalized spacial score (nSPS) is 18.8. The summed E-state index contributed by atoms with van der Waals surface area (Å²) in [6, 6.07) is -0.830. The Kier molecular flexibility index (Phi) is 58.0. The van der Waals surface area contributed by atoms with Gasteiger partial charge in [0.05, 0.1) is 25.4 Å². The van der Waals surface area contributed by atoms with Gasteiger partial charge in [-0.15, -0.1) is 0 Å². The topological polar surface area (TPSA) is 149 Å². The Morgan fingerprint density at radius 1 is 0.427 bits per heavy atom. The molecule has 7 atom stereocenters. The molecule has 6 N–H and O–H groups in total. The smallest absolute Gasteiger partial charge is 0.220 e. The lowest BCUT2D eigenvalue weighted by atomic mass is 9.99. The third kappa shape index (κ3) is 49.6. The van der Waals surface area contributed by atoms with Crippen molar-refractivity contribution in [1.82, 2.24) is 5.32 Å². The van der Waals surface area contributed by atoms with Gasteiger partial charge in [0.2, 0.25) is 5.91 Å². The molecular weight excluding hydrogens is 1020 g/mol. The third-order valence-corrected chi connectivity index (χ3v) is 16.2. The fourth-order valence-electron chi connectivity index (χ4n) is 10.8. The molecule has 0 aromatic heterocycles. The Labute approximate surface area is 505 Å². The highest BCUT2D eigenvalue weighted by Crippen LogP contribution is 2.23. The molecule has 1 aliphatic rings. The lowest BCUT2D eigenvalue weighted by Crippen LogP contribution is -2.60. The van der Waals surface area contributed by atoms with Gasteiger partial charge < -0.3 is 40.3 Å². The molecule has 1 rings (SSSR count). The van der Waals surface area contributed by atoms with Gasteiger partial charge in [0.25, 0.3) is 0 Å². The van der Waals surface area contributed by atoms with Crippen LogP contribution in [-0.2, 0) is 14.3 Å². The summed E-state index contributed by atoms with van der Waals surface area (Å²) in [6.45, 7) is 3.68. The van der Waals surface area contributed by atoms with Crippen LogP contribution in [0.1, 0.15) is 316 Å². The number of aliphatic hydroxyl groups excluding tert-OH is 5. The Morgan fingerprint density at radius 3 is 1.17 bits per heavy atom. The summed E-state index contributed by atoms with van der Waals surface area (Å²) in [5.41, 5.74) is 0. The van der Waals surface area contributed by atoms with Crippen LogP contribution in [0.5, 0.6) is 0 Å². The number of hydrogen-bond donors (Lipinski definition) is 6. The minimum Gasteiger partial charge on any atom is -0.394 e. The van der Waals surface area contributed by atoms with Gasteiger partial charge in [-0.05, 0) is 77.0 Å². The summed E-state index contributed by atoms with van der Waals surface area (Å²) in [7, 11) is 0. The van der Waals surface area contributed by atoms with Crippen LogP contribution in [0.25, 0.3) is 0 Å². The molecular formula is C73H131NO8. The predicted molar refractivity (Wildman–Crippen MR) is 350 cm³/mol. The first-order chi connectivity index (χ1) is 40.3. The first-order valence-corrected chi connectivity index (χ1v) is 34.8. The van der Waals surface area contributed by atoms with Crippen LogP contribution >= 0.6 is 0 Å². The maximum atomic E-state index is 13.1. The summed E-state index contributed by atoms with van der Waals surface area (Å²) in [5.74, 6) is -0.190. The number of allylic oxidation sites excluding steroid dienone is 13. The van der Waals surface area contributed by atoms with Crippen molar-refractivity contribution in [2.75, 3.05) is 13.2 Å². The minimum absolute atomic E-state index is 0.190. The van der Waals surface area contributed by atoms with Crippen LogP contribution in [0, 0.1) is 0 Å². The Bertz CT molecular complexity index is 1570. The van der Waals surface area contributed by atoms with Crippen molar-refractivity contribution in [3.05, 3.63) is 85.1 Å². The van der Waals surface area contributed by atoms with Crippen LogP contribution in [-0.4, -0.2) is 87.5 Å². The predicted octanol–water partition coefficient (Wildman–Crippen LogP) is 18.9. The van der Waals surface area contributed by atoms with E-state index in [4.69, 9.17) is 9.47 Å². The molecule has 9 nitrogen and oxygen atoms in total. The van der Waals surface area contributed by atoms with Crippen molar-refractivity contribution in [2.24, 2.45) is 0 Å². The van der Waals surface area contributed by atoms with Gasteiger partial charge >= 0.3 is 0 Å². The maximum absolute atomic E-state index is 13.1. The van der Waals surface area contributed by atoms with Crippen LogP contribution in [0.15, 0.2) is 85.1 Å². The summed E-state index contributed by atoms with van der Waals surface area (Å²) in [4.78, 5) is 13.1. The zero-order valence-electron chi connectivity index (χ0n) is 53.2. The number of rotatable bonds is 60. The third-order valence-electron chi connectivity index (χ3n) is 16.2. The van der Waals surface area contributed by atoms with Crippen LogP contribution < -0.4 is 5.32 Å². The van der Waals surface area contributed by atoms with E-state index >= 15 is 0 Å². The SMILES string of the molecule is CC/C=C\C/C=C\C/C=C\C/C=C\C/C=C\CCCCCCCCCCCCCC(=O)NC(COC1OC(CO)C(O)C(O)C1O)C(O)/C=C/CC/C=C/CCCCCCCCCCCCCCCCCCCCCCCCCCCC. The molecule has 1 fully saturated rings. The van der Waals surface area contributed by atoms with Crippen molar-refractivity contribution < 1.29 is 39.8 Å². The van der Waals surface area contributed by atoms with Gasteiger partial charge in [-0.25, -0.2) is 0 Å². The highest BCUT2D eigenvalue weighted by molar-refractivity contribution is 5.76. The number of carbonyl (C=O) groups is 1. The molecule has 0 aromatic rings. The van der Waals surface area contributed by atoms with E-state index in [1.165, 1.54) is 218 Å². The monoisotopic (exact) mass is 1150 g/mol. The van der Waals surface area contributed by atoms with Gasteiger partial charge in [-0.2, -0.15) is 0 Å². The van der Waals surface area contributed by atoms with E-state index in [0.29, 0.717) is 6.42 Å². The number of nitrogens with one attached hydrogen (secondary N) is 1. The molecule has 7 unspecified atom stereocenters. The molecule has 1 amide bonds. The van der Waals surface area contributed by atoms with Gasteiger partial charge in [0.1, 0.15) is 24.4 Å². The first-order valence-electron chi connectivity index (χ1n) is 34.8. The minimum atomic E-state index is -1.58. The number of unbranched alkanes of at least 4 members (excludes halogenated alkanes) is 38. The number of ether oxygens (including phenoxy) is 2. The molecule has 82 heavy (non-hydrogen) atoms. The Morgan fingerprint density at radius 2 is 0.768 bits per heavy atom. The van der Waals surface area contributed by atoms with Crippen LogP contribution in [0.4, 0.5) is 0 Å². The average Bonchev–Trinajstić information content (AvgIpc) is 3.53. The molecule has 0 saturated carbocycles. The zero-order valence-corrected chi connectivity index (χ0v) is 53.2. The van der Waals surface area contributed by atoms with E-state index in [-0.39, 0.29) is 12.5 Å². The number of carbonyl (C=O) groups excluding carboxylic acids is 1. The van der Waals surface area contributed by atoms with Crippen molar-refractivity contribution in [3.8, 4) is 0 Å². The van der Waals surface area contributed by atoms with Gasteiger partial charge in [0, 0.05) is 6.42 Å². The fourth-order valence-corrected chi connectivity index (χ4v) is 10.8. The van der Waals surface area contributed by atoms with Gasteiger partial charge in [0.15, 0.2) is 6.29 Å². The molecule has 0 spiro atoms. The highest BCUT2D eigenvalue weighted by atomic mass is 16.7. The molecule has 0 aromatic carbocycles. The van der Waals surface area contributed by atoms with Crippen molar-refractivity contribution in [2.45, 2.75) is 358 Å². The summed E-state index contributed by atoms with van der Waals surface area (Å²) < 4.78 is 11.3. The average molecular weight is 1150 g/mol. The van der Waals surface area contributed by atoms with Gasteiger partial charge in [-0.3, -0.25) is 4.79 Å². The molecule has 0 bridgehead atoms. The molecule has 0 aliphatic carbocycles. The van der Waals surface area contributed by atoms with E-state index in [9.17, 15) is 30.3 Å². The van der Waals surface area contributed by atoms with Crippen molar-refractivity contribution in [3.63, 3.8) is 0 Å². The zero-order chi connectivity index (χ0) is 59.3. The van der Waals surface area contributed by atoms with E-state index in [0.717, 1.165) is 77.0 Å². The molecule has 9 heteroatoms. The molecule has 1 heterocycles. The number of amides is 1. The number of hydrogen-bond acceptors (Lipinski definition) is 8. The highest BCUT2D eigenvalue weighted by Gasteiger charge is 2.44. The quantitative estimate of drug-likeness (QED) is 0.0261. The lowest BCUT2D eigenvalue weighted by molar-refractivity contribution is -0.302. The number of aliphatic hydroxyl groups is 5. The van der Waals surface area contributed by atoms with Crippen molar-refractivity contribution >= 4 is 5.91 Å². The summed E-state index contributed by atoms with van der Waals surface area (Å²) in [6.07, 6.45) is 81.2. The Balaban J connectivity index is 2.16. The molecule has 1 aliphatic heterocycles. The molecule has 1 saturated heterocycles. The first kappa shape index (κ1) is 77.4. The van der Waals surface area contributed by atoms with E-state index in [2.05, 4.69) is 92.1 Å². The van der Waals surface area contributed by atoms with E-state index in [1.807, 2.05) is 6.08 Å².